The van der Waals surface area contributed by atoms with Gasteiger partial charge in [-0.1, -0.05) is 176 Å². The SMILES string of the molecule is CC(NC(=O)C(NC(=O)OCC1c2ccccc2-c2ccccc21)C(C)C)C(=O)Nc1ccc(CO)c(C#CCOCCCS(=O)(=O)OCC(C)(C)CCO[Si](c2ccccc2)(c2ccccc2)C(C)(C)C)c1. The molecule has 5 aromatic rings. The first-order chi connectivity index (χ1) is 34.7. The van der Waals surface area contributed by atoms with Crippen molar-refractivity contribution in [2.45, 2.75) is 97.9 Å². The molecule has 5 aromatic carbocycles. The third-order valence-electron chi connectivity index (χ3n) is 13.1. The minimum absolute atomic E-state index is 0.00776. The van der Waals surface area contributed by atoms with Gasteiger partial charge in [-0.25, -0.2) is 4.79 Å². The van der Waals surface area contributed by atoms with E-state index in [-0.39, 0.29) is 62.1 Å². The maximum Gasteiger partial charge on any atom is 0.407 e. The Hall–Kier alpha value is -6.12. The fourth-order valence-electron chi connectivity index (χ4n) is 9.04. The third kappa shape index (κ3) is 14.8. The second-order valence-electron chi connectivity index (χ2n) is 20.6. The van der Waals surface area contributed by atoms with Crippen molar-refractivity contribution in [3.05, 3.63) is 150 Å². The number of hydrogen-bond acceptors (Lipinski definition) is 10. The normalized spacial score (nSPS) is 13.5. The molecule has 0 bridgehead atoms. The van der Waals surface area contributed by atoms with E-state index in [0.717, 1.165) is 22.3 Å². The number of aliphatic hydroxyl groups excluding tert-OH is 1. The topological polar surface area (TPSA) is 179 Å². The van der Waals surface area contributed by atoms with E-state index in [9.17, 15) is 27.9 Å². The van der Waals surface area contributed by atoms with Gasteiger partial charge in [-0.15, -0.1) is 0 Å². The van der Waals surface area contributed by atoms with E-state index >= 15 is 0 Å². The molecule has 388 valence electrons. The van der Waals surface area contributed by atoms with Crippen LogP contribution in [0.5, 0.6) is 0 Å². The molecule has 2 atom stereocenters. The molecule has 0 aromatic heterocycles. The van der Waals surface area contributed by atoms with E-state index in [1.807, 2.05) is 86.6 Å². The molecule has 1 aliphatic rings. The number of alkyl carbamates (subject to hydrolysis) is 1. The largest absolute Gasteiger partial charge is 0.449 e. The number of carbonyl (C=O) groups is 3. The first-order valence-corrected chi connectivity index (χ1v) is 28.4. The lowest BCUT2D eigenvalue weighted by Crippen LogP contribution is -2.66. The molecular weight excluding hydrogens is 959 g/mol. The molecule has 0 heterocycles. The summed E-state index contributed by atoms with van der Waals surface area (Å²) in [6, 6.07) is 39.7. The summed E-state index contributed by atoms with van der Waals surface area (Å²) in [6.45, 7) is 16.1. The lowest BCUT2D eigenvalue weighted by Gasteiger charge is -2.43. The summed E-state index contributed by atoms with van der Waals surface area (Å²) in [7, 11) is -6.58. The van der Waals surface area contributed by atoms with Crippen LogP contribution in [0, 0.1) is 23.2 Å². The zero-order chi connectivity index (χ0) is 52.8. The molecule has 2 unspecified atom stereocenters. The van der Waals surface area contributed by atoms with Crippen LogP contribution in [0.2, 0.25) is 5.04 Å². The molecule has 0 saturated heterocycles. The molecule has 0 fully saturated rings. The van der Waals surface area contributed by atoms with Crippen molar-refractivity contribution in [1.82, 2.24) is 10.6 Å². The van der Waals surface area contributed by atoms with Gasteiger partial charge in [-0.05, 0) is 86.5 Å². The first kappa shape index (κ1) is 56.2. The number of ether oxygens (including phenoxy) is 2. The molecule has 4 N–H and O–H groups in total. The number of rotatable bonds is 23. The average molecular weight is 1030 g/mol. The summed E-state index contributed by atoms with van der Waals surface area (Å²) in [5, 5.41) is 20.3. The first-order valence-electron chi connectivity index (χ1n) is 24.9. The van der Waals surface area contributed by atoms with E-state index in [1.165, 1.54) is 17.3 Å². The summed E-state index contributed by atoms with van der Waals surface area (Å²) in [4.78, 5) is 39.8. The third-order valence-corrected chi connectivity index (χ3v) is 19.4. The number of fused-ring (bicyclic) bond motifs is 3. The molecule has 13 nitrogen and oxygen atoms in total. The summed E-state index contributed by atoms with van der Waals surface area (Å²) in [5.41, 5.74) is 5.20. The van der Waals surface area contributed by atoms with Crippen molar-refractivity contribution in [3.8, 4) is 23.0 Å². The van der Waals surface area contributed by atoms with Crippen LogP contribution in [0.15, 0.2) is 127 Å². The Kier molecular flexibility index (Phi) is 19.4. The van der Waals surface area contributed by atoms with Crippen molar-refractivity contribution in [2.24, 2.45) is 11.3 Å². The molecule has 73 heavy (non-hydrogen) atoms. The summed E-state index contributed by atoms with van der Waals surface area (Å²) in [6.07, 6.45) is 0.0448. The Morgan fingerprint density at radius 3 is 1.92 bits per heavy atom. The Morgan fingerprint density at radius 1 is 0.753 bits per heavy atom. The summed E-state index contributed by atoms with van der Waals surface area (Å²) in [5.74, 6) is 4.10. The molecule has 1 aliphatic carbocycles. The molecule has 3 amide bonds. The van der Waals surface area contributed by atoms with E-state index in [1.54, 1.807) is 32.0 Å². The molecular formula is C58H71N3O10SSi. The van der Waals surface area contributed by atoms with Crippen molar-refractivity contribution in [3.63, 3.8) is 0 Å². The second-order valence-corrected chi connectivity index (χ2v) is 26.7. The number of amides is 3. The molecule has 6 rings (SSSR count). The Morgan fingerprint density at radius 2 is 1.34 bits per heavy atom. The van der Waals surface area contributed by atoms with Gasteiger partial charge in [0.25, 0.3) is 18.4 Å². The predicted molar refractivity (Wildman–Crippen MR) is 289 cm³/mol. The van der Waals surface area contributed by atoms with Crippen LogP contribution < -0.4 is 26.3 Å². The van der Waals surface area contributed by atoms with Crippen LogP contribution in [-0.4, -0.2) is 90.6 Å². The molecule has 0 spiro atoms. The number of anilines is 1. The van der Waals surface area contributed by atoms with Crippen molar-refractivity contribution >= 4 is 52.4 Å². The van der Waals surface area contributed by atoms with Gasteiger partial charge in [0.1, 0.15) is 25.3 Å². The molecule has 0 saturated carbocycles. The minimum atomic E-state index is -3.84. The number of benzene rings is 5. The standard InChI is InChI=1S/C58H71N3O10SSi/c1-41(2)53(61-56(65)69-39-52-50-28-17-15-26-48(50)49-27-16-18-29-51(49)52)55(64)59-42(3)54(63)60-45-31-30-44(38-62)43(37-45)21-19-33-68-34-20-36-72(66,67)70-40-58(7,8)32-35-71-73(57(4,5)6,46-22-11-9-12-23-46)47-24-13-10-14-25-47/h9-18,22-31,37,41-42,52-53,62H,20,32-36,38-40H2,1-8H3,(H,59,64)(H,60,63)(H,61,65). The van der Waals surface area contributed by atoms with Crippen LogP contribution in [0.25, 0.3) is 11.1 Å². The molecule has 0 radical (unpaired) electrons. The van der Waals surface area contributed by atoms with Crippen LogP contribution in [0.3, 0.4) is 0 Å². The maximum absolute atomic E-state index is 13.4. The number of carbonyl (C=O) groups excluding carboxylic acids is 3. The van der Waals surface area contributed by atoms with Gasteiger partial charge >= 0.3 is 6.09 Å². The Bertz CT molecular complexity index is 2760. The fourth-order valence-corrected chi connectivity index (χ4v) is 14.7. The van der Waals surface area contributed by atoms with E-state index in [4.69, 9.17) is 18.1 Å². The van der Waals surface area contributed by atoms with Crippen molar-refractivity contribution in [2.75, 3.05) is 44.1 Å². The van der Waals surface area contributed by atoms with Gasteiger partial charge < -0.3 is 35.0 Å². The van der Waals surface area contributed by atoms with E-state index < -0.39 is 53.8 Å². The van der Waals surface area contributed by atoms with Gasteiger partial charge in [0, 0.05) is 30.4 Å². The number of nitrogens with one attached hydrogen (secondary N) is 3. The van der Waals surface area contributed by atoms with Crippen LogP contribution >= 0.6 is 0 Å². The molecule has 15 heteroatoms. The zero-order valence-electron chi connectivity index (χ0n) is 43.3. The minimum Gasteiger partial charge on any atom is -0.449 e. The zero-order valence-corrected chi connectivity index (χ0v) is 45.1. The highest BCUT2D eigenvalue weighted by Crippen LogP contribution is 2.44. The number of hydrogen-bond donors (Lipinski definition) is 4. The monoisotopic (exact) mass is 1030 g/mol. The second kappa shape index (κ2) is 25.2. The highest BCUT2D eigenvalue weighted by Gasteiger charge is 2.50. The maximum atomic E-state index is 13.4. The van der Waals surface area contributed by atoms with Gasteiger partial charge in [0.15, 0.2) is 0 Å². The van der Waals surface area contributed by atoms with Gasteiger partial charge in [0.2, 0.25) is 11.8 Å². The van der Waals surface area contributed by atoms with E-state index in [0.29, 0.717) is 29.8 Å². The van der Waals surface area contributed by atoms with Crippen LogP contribution in [0.4, 0.5) is 10.5 Å². The lowest BCUT2D eigenvalue weighted by molar-refractivity contribution is -0.128. The summed E-state index contributed by atoms with van der Waals surface area (Å²) >= 11 is 0. The lowest BCUT2D eigenvalue weighted by atomic mass is 9.91. The van der Waals surface area contributed by atoms with Gasteiger partial charge in [0.05, 0.1) is 19.0 Å². The van der Waals surface area contributed by atoms with E-state index in [2.05, 4.69) is 85.0 Å². The van der Waals surface area contributed by atoms with Crippen LogP contribution in [-0.2, 0) is 44.4 Å². The van der Waals surface area contributed by atoms with Gasteiger partial charge in [-0.2, -0.15) is 8.42 Å². The highest BCUT2D eigenvalue weighted by atomic mass is 32.2. The summed E-state index contributed by atoms with van der Waals surface area (Å²) < 4.78 is 49.8. The smallest absolute Gasteiger partial charge is 0.407 e. The quantitative estimate of drug-likeness (QED) is 0.0216. The Balaban J connectivity index is 0.926. The van der Waals surface area contributed by atoms with Gasteiger partial charge in [-0.3, -0.25) is 13.8 Å². The number of aliphatic hydroxyl groups is 1. The molecule has 0 aliphatic heterocycles. The van der Waals surface area contributed by atoms with Crippen molar-refractivity contribution in [1.29, 1.82) is 0 Å². The van der Waals surface area contributed by atoms with Crippen molar-refractivity contribution < 1.29 is 46.0 Å². The highest BCUT2D eigenvalue weighted by molar-refractivity contribution is 7.86. The Labute approximate surface area is 433 Å². The average Bonchev–Trinajstić information content (AvgIpc) is 3.68. The fraction of sp³-hybridized carbons (Fsp3) is 0.397. The predicted octanol–water partition coefficient (Wildman–Crippen LogP) is 8.28. The van der Waals surface area contributed by atoms with Crippen LogP contribution in [0.1, 0.15) is 96.4 Å².